The number of carbonyl (C=O) groups is 1. The molecule has 0 fully saturated rings. The van der Waals surface area contributed by atoms with Crippen LogP contribution < -0.4 is 5.43 Å². The number of carbonyl (C=O) groups excluding carboxylic acids is 1. The Kier molecular flexibility index (Phi) is 5.21. The number of halogens is 2. The Labute approximate surface area is 154 Å². The normalized spacial score (nSPS) is 11.2. The molecule has 1 aromatic carbocycles. The maximum Gasteiger partial charge on any atom is 0.287 e. The van der Waals surface area contributed by atoms with Crippen molar-refractivity contribution in [2.45, 2.75) is 13.5 Å². The first-order valence-electron chi connectivity index (χ1n) is 7.49. The molecule has 0 saturated heterocycles. The van der Waals surface area contributed by atoms with E-state index in [1.165, 1.54) is 6.21 Å². The van der Waals surface area contributed by atoms with Gasteiger partial charge in [-0.3, -0.25) is 4.79 Å². The van der Waals surface area contributed by atoms with Crippen LogP contribution in [0.5, 0.6) is 0 Å². The van der Waals surface area contributed by atoms with Crippen LogP contribution in [0, 0.1) is 6.92 Å². The molecule has 1 amide bonds. The van der Waals surface area contributed by atoms with E-state index >= 15 is 0 Å². The third-order valence-corrected chi connectivity index (χ3v) is 4.36. The Balaban J connectivity index is 1.74. The zero-order valence-electron chi connectivity index (χ0n) is 13.3. The number of rotatable bonds is 5. The monoisotopic (exact) mass is 375 g/mol. The van der Waals surface area contributed by atoms with Crippen molar-refractivity contribution >= 4 is 35.3 Å². The molecule has 8 heteroatoms. The number of hydrazone groups is 1. The quantitative estimate of drug-likeness (QED) is 0.527. The third-order valence-electron chi connectivity index (χ3n) is 3.59. The number of H-pyrrole nitrogens is 1. The lowest BCUT2D eigenvalue weighted by Gasteiger charge is -2.05. The molecule has 0 saturated carbocycles. The van der Waals surface area contributed by atoms with E-state index in [1.54, 1.807) is 23.0 Å². The molecule has 3 aromatic rings. The summed E-state index contributed by atoms with van der Waals surface area (Å²) in [6, 6.07) is 10.9. The summed E-state index contributed by atoms with van der Waals surface area (Å²) in [6.07, 6.45) is 3.15. The second-order valence-corrected chi connectivity index (χ2v) is 6.09. The van der Waals surface area contributed by atoms with Gasteiger partial charge in [-0.2, -0.15) is 10.2 Å². The fourth-order valence-electron chi connectivity index (χ4n) is 2.29. The minimum Gasteiger partial charge on any atom is -0.357 e. The molecule has 2 heterocycles. The van der Waals surface area contributed by atoms with Gasteiger partial charge in [0.05, 0.1) is 24.0 Å². The van der Waals surface area contributed by atoms with E-state index < -0.39 is 0 Å². The van der Waals surface area contributed by atoms with E-state index in [0.29, 0.717) is 33.7 Å². The summed E-state index contributed by atoms with van der Waals surface area (Å²) >= 11 is 12.6. The SMILES string of the molecule is Cc1nn(Cc2ccccc2Cl)c(Cl)c1/C=N\NC(=O)c1ccc[nH]1. The molecular weight excluding hydrogens is 361 g/mol. The summed E-state index contributed by atoms with van der Waals surface area (Å²) in [6.45, 7) is 2.27. The van der Waals surface area contributed by atoms with Crippen LogP contribution in [0.15, 0.2) is 47.7 Å². The van der Waals surface area contributed by atoms with Crippen LogP contribution in [0.3, 0.4) is 0 Å². The first-order valence-corrected chi connectivity index (χ1v) is 8.25. The highest BCUT2D eigenvalue weighted by Gasteiger charge is 2.13. The van der Waals surface area contributed by atoms with Crippen molar-refractivity contribution in [3.05, 3.63) is 75.3 Å². The van der Waals surface area contributed by atoms with Crippen molar-refractivity contribution < 1.29 is 4.79 Å². The summed E-state index contributed by atoms with van der Waals surface area (Å²) in [5.74, 6) is -0.335. The van der Waals surface area contributed by atoms with Gasteiger partial charge in [0.2, 0.25) is 0 Å². The van der Waals surface area contributed by atoms with Crippen LogP contribution in [0.2, 0.25) is 10.2 Å². The van der Waals surface area contributed by atoms with Gasteiger partial charge in [-0.25, -0.2) is 10.1 Å². The maximum atomic E-state index is 11.8. The van der Waals surface area contributed by atoms with Gasteiger partial charge in [0.25, 0.3) is 5.91 Å². The van der Waals surface area contributed by atoms with Gasteiger partial charge in [-0.15, -0.1) is 0 Å². The second kappa shape index (κ2) is 7.55. The molecule has 2 aromatic heterocycles. The molecule has 0 atom stereocenters. The zero-order chi connectivity index (χ0) is 17.8. The van der Waals surface area contributed by atoms with E-state index in [0.717, 1.165) is 5.56 Å². The molecule has 0 aliphatic carbocycles. The van der Waals surface area contributed by atoms with Gasteiger partial charge in [0.15, 0.2) is 0 Å². The van der Waals surface area contributed by atoms with Crippen LogP contribution in [-0.2, 0) is 6.54 Å². The molecule has 3 rings (SSSR count). The van der Waals surface area contributed by atoms with Crippen LogP contribution >= 0.6 is 23.2 Å². The average Bonchev–Trinajstić information content (AvgIpc) is 3.21. The number of nitrogens with zero attached hydrogens (tertiary/aromatic N) is 3. The van der Waals surface area contributed by atoms with Crippen molar-refractivity contribution in [2.24, 2.45) is 5.10 Å². The molecule has 0 radical (unpaired) electrons. The van der Waals surface area contributed by atoms with Gasteiger partial charge in [-0.1, -0.05) is 41.4 Å². The number of amides is 1. The average molecular weight is 376 g/mol. The standard InChI is InChI=1S/C17H15Cl2N5O/c1-11-13(9-21-22-17(25)15-7-4-8-20-15)16(19)24(23-11)10-12-5-2-3-6-14(12)18/h2-9,20H,10H2,1H3,(H,22,25)/b21-9-. The Morgan fingerprint density at radius 2 is 2.12 bits per heavy atom. The first-order chi connectivity index (χ1) is 12.1. The van der Waals surface area contributed by atoms with Gasteiger partial charge in [-0.05, 0) is 30.7 Å². The van der Waals surface area contributed by atoms with Gasteiger partial charge < -0.3 is 4.98 Å². The van der Waals surface area contributed by atoms with Gasteiger partial charge in [0, 0.05) is 11.2 Å². The lowest BCUT2D eigenvalue weighted by Crippen LogP contribution is -2.17. The predicted molar refractivity (Wildman–Crippen MR) is 98.4 cm³/mol. The van der Waals surface area contributed by atoms with Crippen molar-refractivity contribution in [1.82, 2.24) is 20.2 Å². The second-order valence-electron chi connectivity index (χ2n) is 5.32. The number of aromatic nitrogens is 3. The molecule has 0 aliphatic rings. The Hall–Kier alpha value is -2.57. The summed E-state index contributed by atoms with van der Waals surface area (Å²) in [4.78, 5) is 14.6. The Morgan fingerprint density at radius 3 is 2.84 bits per heavy atom. The number of benzene rings is 1. The minimum atomic E-state index is -0.335. The van der Waals surface area contributed by atoms with Crippen LogP contribution in [0.25, 0.3) is 0 Å². The van der Waals surface area contributed by atoms with E-state index in [-0.39, 0.29) is 5.91 Å². The molecule has 0 unspecified atom stereocenters. The third kappa shape index (κ3) is 3.92. The predicted octanol–water partition coefficient (Wildman–Crippen LogP) is 3.64. The van der Waals surface area contributed by atoms with E-state index in [2.05, 4.69) is 20.6 Å². The number of hydrogen-bond acceptors (Lipinski definition) is 3. The molecule has 6 nitrogen and oxygen atoms in total. The van der Waals surface area contributed by atoms with E-state index in [4.69, 9.17) is 23.2 Å². The highest BCUT2D eigenvalue weighted by molar-refractivity contribution is 6.32. The number of aromatic amines is 1. The highest BCUT2D eigenvalue weighted by atomic mass is 35.5. The summed E-state index contributed by atoms with van der Waals surface area (Å²) in [5.41, 5.74) is 5.12. The number of nitrogens with one attached hydrogen (secondary N) is 2. The van der Waals surface area contributed by atoms with Crippen LogP contribution in [-0.4, -0.2) is 26.9 Å². The summed E-state index contributed by atoms with van der Waals surface area (Å²) in [5, 5.41) is 9.44. The summed E-state index contributed by atoms with van der Waals surface area (Å²) < 4.78 is 1.65. The van der Waals surface area contributed by atoms with Crippen molar-refractivity contribution in [1.29, 1.82) is 0 Å². The zero-order valence-corrected chi connectivity index (χ0v) is 14.8. The maximum absolute atomic E-state index is 11.8. The first kappa shape index (κ1) is 17.3. The van der Waals surface area contributed by atoms with E-state index in [9.17, 15) is 4.79 Å². The lowest BCUT2D eigenvalue weighted by atomic mass is 10.2. The molecule has 25 heavy (non-hydrogen) atoms. The summed E-state index contributed by atoms with van der Waals surface area (Å²) in [7, 11) is 0. The smallest absolute Gasteiger partial charge is 0.287 e. The molecule has 0 aliphatic heterocycles. The van der Waals surface area contributed by atoms with Crippen molar-refractivity contribution in [3.8, 4) is 0 Å². The molecule has 2 N–H and O–H groups in total. The Bertz CT molecular complexity index is 915. The molecule has 128 valence electrons. The fraction of sp³-hybridized carbons (Fsp3) is 0.118. The van der Waals surface area contributed by atoms with Gasteiger partial charge >= 0.3 is 0 Å². The topological polar surface area (TPSA) is 75.1 Å². The van der Waals surface area contributed by atoms with E-state index in [1.807, 2.05) is 31.2 Å². The largest absolute Gasteiger partial charge is 0.357 e. The molecular formula is C17H15Cl2N5O. The Morgan fingerprint density at radius 1 is 1.32 bits per heavy atom. The molecule has 0 bridgehead atoms. The van der Waals surface area contributed by atoms with Gasteiger partial charge in [0.1, 0.15) is 10.8 Å². The highest BCUT2D eigenvalue weighted by Crippen LogP contribution is 2.22. The molecule has 0 spiro atoms. The van der Waals surface area contributed by atoms with Crippen LogP contribution in [0.1, 0.15) is 27.3 Å². The van der Waals surface area contributed by atoms with Crippen molar-refractivity contribution in [3.63, 3.8) is 0 Å². The minimum absolute atomic E-state index is 0.335. The lowest BCUT2D eigenvalue weighted by molar-refractivity contribution is 0.0951. The van der Waals surface area contributed by atoms with Crippen molar-refractivity contribution in [2.75, 3.05) is 0 Å². The number of aryl methyl sites for hydroxylation is 1. The fourth-order valence-corrected chi connectivity index (χ4v) is 2.77. The van der Waals surface area contributed by atoms with Crippen LogP contribution in [0.4, 0.5) is 0 Å². The number of hydrogen-bond donors (Lipinski definition) is 2.